The van der Waals surface area contributed by atoms with Gasteiger partial charge in [0.05, 0.1) is 0 Å². The number of thiocarbonyl (C=S) groups is 1. The van der Waals surface area contributed by atoms with Crippen LogP contribution in [0.1, 0.15) is 25.0 Å². The second-order valence-electron chi connectivity index (χ2n) is 3.61. The first-order chi connectivity index (χ1) is 8.24. The molecular formula is C11H18N4OS. The first kappa shape index (κ1) is 13.8. The third kappa shape index (κ3) is 5.55. The molecule has 0 bridgehead atoms. The largest absolute Gasteiger partial charge is 0.388 e. The van der Waals surface area contributed by atoms with Gasteiger partial charge >= 0.3 is 0 Å². The Labute approximate surface area is 107 Å². The molecule has 94 valence electrons. The average molecular weight is 254 g/mol. The minimum absolute atomic E-state index is 0.288. The second-order valence-corrected chi connectivity index (χ2v) is 4.05. The Hall–Kier alpha value is -1.27. The summed E-state index contributed by atoms with van der Waals surface area (Å²) < 4.78 is 4.98. The summed E-state index contributed by atoms with van der Waals surface area (Å²) in [5, 5.41) is 3.14. The van der Waals surface area contributed by atoms with Gasteiger partial charge in [0.1, 0.15) is 10.7 Å². The van der Waals surface area contributed by atoms with Crippen LogP contribution in [-0.2, 0) is 4.74 Å². The number of rotatable bonds is 8. The number of nitrogens with zero attached hydrogens (tertiary/aromatic N) is 2. The lowest BCUT2D eigenvalue weighted by atomic mass is 10.2. The molecule has 1 rings (SSSR count). The van der Waals surface area contributed by atoms with Gasteiger partial charge in [0, 0.05) is 26.5 Å². The molecule has 0 saturated heterocycles. The van der Waals surface area contributed by atoms with Crippen molar-refractivity contribution in [1.82, 2.24) is 9.97 Å². The quantitative estimate of drug-likeness (QED) is 0.539. The van der Waals surface area contributed by atoms with Gasteiger partial charge in [0.25, 0.3) is 0 Å². The molecule has 17 heavy (non-hydrogen) atoms. The van der Waals surface area contributed by atoms with Gasteiger partial charge in [-0.25, -0.2) is 9.97 Å². The summed E-state index contributed by atoms with van der Waals surface area (Å²) in [7, 11) is 1.72. The predicted octanol–water partition coefficient (Wildman–Crippen LogP) is 1.34. The maximum Gasteiger partial charge on any atom is 0.223 e. The van der Waals surface area contributed by atoms with Crippen LogP contribution in [0.5, 0.6) is 0 Å². The highest BCUT2D eigenvalue weighted by molar-refractivity contribution is 7.80. The van der Waals surface area contributed by atoms with Crippen LogP contribution in [0.15, 0.2) is 12.3 Å². The van der Waals surface area contributed by atoms with Crippen molar-refractivity contribution in [2.45, 2.75) is 19.3 Å². The summed E-state index contributed by atoms with van der Waals surface area (Å²) in [4.78, 5) is 8.57. The average Bonchev–Trinajstić information content (AvgIpc) is 2.34. The van der Waals surface area contributed by atoms with Crippen LogP contribution in [0, 0.1) is 0 Å². The topological polar surface area (TPSA) is 73.1 Å². The Morgan fingerprint density at radius 2 is 2.29 bits per heavy atom. The van der Waals surface area contributed by atoms with Gasteiger partial charge in [0.2, 0.25) is 5.95 Å². The van der Waals surface area contributed by atoms with E-state index in [1.165, 1.54) is 0 Å². The van der Waals surface area contributed by atoms with Gasteiger partial charge in [-0.3, -0.25) is 0 Å². The molecule has 0 aliphatic heterocycles. The molecule has 0 aliphatic carbocycles. The number of anilines is 1. The number of nitrogens with two attached hydrogens (primary N) is 1. The van der Waals surface area contributed by atoms with Crippen LogP contribution in [0.25, 0.3) is 0 Å². The van der Waals surface area contributed by atoms with Gasteiger partial charge in [-0.2, -0.15) is 0 Å². The highest BCUT2D eigenvalue weighted by atomic mass is 32.1. The minimum Gasteiger partial charge on any atom is -0.388 e. The molecular weight excluding hydrogens is 236 g/mol. The predicted molar refractivity (Wildman–Crippen MR) is 72.1 cm³/mol. The molecule has 1 heterocycles. The second kappa shape index (κ2) is 7.92. The van der Waals surface area contributed by atoms with Gasteiger partial charge < -0.3 is 15.8 Å². The molecule has 0 spiro atoms. The van der Waals surface area contributed by atoms with Crippen molar-refractivity contribution in [3.63, 3.8) is 0 Å². The summed E-state index contributed by atoms with van der Waals surface area (Å²) in [6.45, 7) is 1.65. The maximum absolute atomic E-state index is 5.49. The lowest BCUT2D eigenvalue weighted by molar-refractivity contribution is 0.192. The normalized spacial score (nSPS) is 10.2. The SMILES string of the molecule is COCCCCCNc1nccc(C(N)=S)n1. The van der Waals surface area contributed by atoms with E-state index >= 15 is 0 Å². The fourth-order valence-corrected chi connectivity index (χ4v) is 1.44. The Morgan fingerprint density at radius 1 is 1.47 bits per heavy atom. The Morgan fingerprint density at radius 3 is 3.00 bits per heavy atom. The van der Waals surface area contributed by atoms with Crippen LogP contribution >= 0.6 is 12.2 Å². The highest BCUT2D eigenvalue weighted by Gasteiger charge is 2.00. The van der Waals surface area contributed by atoms with E-state index in [4.69, 9.17) is 22.7 Å². The molecule has 0 aliphatic rings. The summed E-state index contributed by atoms with van der Waals surface area (Å²) in [5.41, 5.74) is 6.09. The number of aromatic nitrogens is 2. The monoisotopic (exact) mass is 254 g/mol. The van der Waals surface area contributed by atoms with Crippen LogP contribution in [0.2, 0.25) is 0 Å². The number of ether oxygens (including phenoxy) is 1. The number of unbranched alkanes of at least 4 members (excludes halogenated alkanes) is 2. The van der Waals surface area contributed by atoms with Crippen molar-refractivity contribution in [3.05, 3.63) is 18.0 Å². The Balaban J connectivity index is 2.27. The van der Waals surface area contributed by atoms with Crippen LogP contribution < -0.4 is 11.1 Å². The molecule has 5 nitrogen and oxygen atoms in total. The van der Waals surface area contributed by atoms with E-state index in [-0.39, 0.29) is 4.99 Å². The summed E-state index contributed by atoms with van der Waals surface area (Å²) in [5.74, 6) is 0.571. The third-order valence-corrected chi connectivity index (χ3v) is 2.43. The van der Waals surface area contributed by atoms with Crippen molar-refractivity contribution >= 4 is 23.2 Å². The molecule has 0 saturated carbocycles. The van der Waals surface area contributed by atoms with Crippen molar-refractivity contribution in [1.29, 1.82) is 0 Å². The number of hydrogen-bond acceptors (Lipinski definition) is 5. The van der Waals surface area contributed by atoms with Gasteiger partial charge in [0.15, 0.2) is 0 Å². The maximum atomic E-state index is 5.49. The smallest absolute Gasteiger partial charge is 0.223 e. The standard InChI is InChI=1S/C11H18N4OS/c1-16-8-4-2-3-6-13-11-14-7-5-9(15-11)10(12)17/h5,7H,2-4,6,8H2,1H3,(H2,12,17)(H,13,14,15). The lowest BCUT2D eigenvalue weighted by Gasteiger charge is -2.05. The Bertz CT molecular complexity index is 359. The lowest BCUT2D eigenvalue weighted by Crippen LogP contribution is -2.14. The van der Waals surface area contributed by atoms with Crippen molar-refractivity contribution in [2.75, 3.05) is 25.6 Å². The van der Waals surface area contributed by atoms with Crippen molar-refractivity contribution in [3.8, 4) is 0 Å². The van der Waals surface area contributed by atoms with E-state index in [2.05, 4.69) is 15.3 Å². The summed E-state index contributed by atoms with van der Waals surface area (Å²) in [6, 6.07) is 1.70. The van der Waals surface area contributed by atoms with Crippen LogP contribution in [-0.4, -0.2) is 35.2 Å². The summed E-state index contributed by atoms with van der Waals surface area (Å²) >= 11 is 4.85. The van der Waals surface area contributed by atoms with E-state index in [1.807, 2.05) is 0 Å². The van der Waals surface area contributed by atoms with Crippen molar-refractivity contribution in [2.24, 2.45) is 5.73 Å². The zero-order valence-electron chi connectivity index (χ0n) is 9.98. The number of nitrogens with one attached hydrogen (secondary N) is 1. The van der Waals surface area contributed by atoms with E-state index in [9.17, 15) is 0 Å². The number of methoxy groups -OCH3 is 1. The summed E-state index contributed by atoms with van der Waals surface area (Å²) in [6.07, 6.45) is 4.90. The molecule has 3 N–H and O–H groups in total. The molecule has 0 fully saturated rings. The number of hydrogen-bond donors (Lipinski definition) is 2. The third-order valence-electron chi connectivity index (χ3n) is 2.22. The first-order valence-corrected chi connectivity index (χ1v) is 6.00. The zero-order valence-corrected chi connectivity index (χ0v) is 10.8. The highest BCUT2D eigenvalue weighted by Crippen LogP contribution is 2.02. The van der Waals surface area contributed by atoms with Gasteiger partial charge in [-0.15, -0.1) is 0 Å². The molecule has 0 aromatic carbocycles. The van der Waals surface area contributed by atoms with Crippen LogP contribution in [0.3, 0.4) is 0 Å². The fourth-order valence-electron chi connectivity index (χ4n) is 1.33. The molecule has 0 amide bonds. The first-order valence-electron chi connectivity index (χ1n) is 5.59. The van der Waals surface area contributed by atoms with E-state index < -0.39 is 0 Å². The minimum atomic E-state index is 0.288. The molecule has 1 aromatic heterocycles. The molecule has 1 aromatic rings. The molecule has 0 radical (unpaired) electrons. The fraction of sp³-hybridized carbons (Fsp3) is 0.545. The van der Waals surface area contributed by atoms with E-state index in [0.29, 0.717) is 11.6 Å². The van der Waals surface area contributed by atoms with Crippen LogP contribution in [0.4, 0.5) is 5.95 Å². The van der Waals surface area contributed by atoms with Gasteiger partial charge in [-0.05, 0) is 25.3 Å². The van der Waals surface area contributed by atoms with Gasteiger partial charge in [-0.1, -0.05) is 12.2 Å². The molecule has 6 heteroatoms. The zero-order chi connectivity index (χ0) is 12.5. The molecule has 0 atom stereocenters. The van der Waals surface area contributed by atoms with E-state index in [0.717, 1.165) is 32.4 Å². The van der Waals surface area contributed by atoms with E-state index in [1.54, 1.807) is 19.4 Å². The van der Waals surface area contributed by atoms with Crippen molar-refractivity contribution < 1.29 is 4.74 Å². The molecule has 0 unspecified atom stereocenters. The Kier molecular flexibility index (Phi) is 6.42.